The van der Waals surface area contributed by atoms with Crippen molar-refractivity contribution < 1.29 is 19.8 Å². The molecule has 1 aliphatic rings. The van der Waals surface area contributed by atoms with E-state index in [0.29, 0.717) is 5.01 Å². The molecule has 0 aromatic heterocycles. The smallest absolute Gasteiger partial charge is 0.426 e. The molecule has 6 heteroatoms. The number of carboxylic acid groups (broad SMARTS) is 2. The van der Waals surface area contributed by atoms with Crippen LogP contribution < -0.4 is 5.43 Å². The summed E-state index contributed by atoms with van der Waals surface area (Å²) in [5.41, 5.74) is 1.79. The number of nitrogens with zero attached hydrogens (tertiary/aromatic N) is 1. The van der Waals surface area contributed by atoms with Crippen LogP contribution >= 0.6 is 0 Å². The fourth-order valence-corrected chi connectivity index (χ4v) is 0.731. The molecule has 6 nitrogen and oxygen atoms in total. The van der Waals surface area contributed by atoms with Crippen LogP contribution in [-0.2, 0) is 0 Å². The van der Waals surface area contributed by atoms with Gasteiger partial charge in [-0.3, -0.25) is 0 Å². The van der Waals surface area contributed by atoms with Crippen molar-refractivity contribution in [1.29, 1.82) is 0 Å². The Kier molecular flexibility index (Phi) is 1.84. The van der Waals surface area contributed by atoms with E-state index < -0.39 is 12.2 Å². The molecule has 11 heavy (non-hydrogen) atoms. The minimum absolute atomic E-state index is 0.163. The first-order valence-corrected chi connectivity index (χ1v) is 3.13. The molecule has 0 aliphatic heterocycles. The minimum Gasteiger partial charge on any atom is -0.464 e. The van der Waals surface area contributed by atoms with Crippen LogP contribution in [0.15, 0.2) is 0 Å². The Balaban J connectivity index is 2.45. The Labute approximate surface area is 62.4 Å². The molecule has 62 valence electrons. The van der Waals surface area contributed by atoms with E-state index in [4.69, 9.17) is 10.2 Å². The number of carbonyl (C=O) groups is 2. The molecule has 1 fully saturated rings. The number of amides is 2. The fraction of sp³-hybridized carbons (Fsp3) is 0.600. The monoisotopic (exact) mass is 160 g/mol. The van der Waals surface area contributed by atoms with Crippen molar-refractivity contribution >= 4 is 12.2 Å². The predicted octanol–water partition coefficient (Wildman–Crippen LogP) is 0.311. The molecular weight excluding hydrogens is 152 g/mol. The predicted molar refractivity (Wildman–Crippen MR) is 34.0 cm³/mol. The summed E-state index contributed by atoms with van der Waals surface area (Å²) in [7, 11) is 0. The van der Waals surface area contributed by atoms with E-state index in [9.17, 15) is 9.59 Å². The van der Waals surface area contributed by atoms with Crippen molar-refractivity contribution in [3.8, 4) is 0 Å². The summed E-state index contributed by atoms with van der Waals surface area (Å²) < 4.78 is 0. The van der Waals surface area contributed by atoms with Gasteiger partial charge in [-0.2, -0.15) is 0 Å². The van der Waals surface area contributed by atoms with Gasteiger partial charge in [0.2, 0.25) is 0 Å². The van der Waals surface area contributed by atoms with Crippen molar-refractivity contribution in [2.24, 2.45) is 0 Å². The largest absolute Gasteiger partial charge is 0.464 e. The lowest BCUT2D eigenvalue weighted by Gasteiger charge is -2.16. The average molecular weight is 160 g/mol. The first-order valence-electron chi connectivity index (χ1n) is 3.13. The Hall–Kier alpha value is -1.46. The van der Waals surface area contributed by atoms with Crippen LogP contribution in [-0.4, -0.2) is 33.5 Å². The van der Waals surface area contributed by atoms with Crippen molar-refractivity contribution in [2.45, 2.75) is 18.9 Å². The van der Waals surface area contributed by atoms with Gasteiger partial charge in [-0.1, -0.05) is 0 Å². The summed E-state index contributed by atoms with van der Waals surface area (Å²) in [6.07, 6.45) is -1.15. The quantitative estimate of drug-likeness (QED) is 0.481. The summed E-state index contributed by atoms with van der Waals surface area (Å²) in [4.78, 5) is 20.3. The minimum atomic E-state index is -1.35. The second-order valence-corrected chi connectivity index (χ2v) is 2.30. The summed E-state index contributed by atoms with van der Waals surface area (Å²) in [6.45, 7) is 0. The highest BCUT2D eigenvalue weighted by molar-refractivity contribution is 5.72. The third kappa shape index (κ3) is 1.99. The zero-order valence-electron chi connectivity index (χ0n) is 5.65. The third-order valence-electron chi connectivity index (χ3n) is 1.33. The molecule has 0 unspecified atom stereocenters. The van der Waals surface area contributed by atoms with Crippen molar-refractivity contribution in [2.75, 3.05) is 0 Å². The van der Waals surface area contributed by atoms with Gasteiger partial charge in [-0.15, -0.1) is 0 Å². The Morgan fingerprint density at radius 2 is 1.91 bits per heavy atom. The zero-order chi connectivity index (χ0) is 8.43. The second kappa shape index (κ2) is 2.65. The lowest BCUT2D eigenvalue weighted by molar-refractivity contribution is 0.106. The topological polar surface area (TPSA) is 89.9 Å². The zero-order valence-corrected chi connectivity index (χ0v) is 5.65. The maximum atomic E-state index is 10.3. The van der Waals surface area contributed by atoms with E-state index in [0.717, 1.165) is 12.8 Å². The number of hydrogen-bond acceptors (Lipinski definition) is 2. The van der Waals surface area contributed by atoms with E-state index in [1.807, 2.05) is 0 Å². The van der Waals surface area contributed by atoms with Gasteiger partial charge in [0.25, 0.3) is 0 Å². The molecule has 0 atom stereocenters. The average Bonchev–Trinajstić information content (AvgIpc) is 2.63. The lowest BCUT2D eigenvalue weighted by atomic mass is 10.7. The molecule has 0 bridgehead atoms. The first kappa shape index (κ1) is 7.64. The van der Waals surface area contributed by atoms with Gasteiger partial charge in [0.1, 0.15) is 0 Å². The summed E-state index contributed by atoms with van der Waals surface area (Å²) in [5, 5.41) is 17.3. The van der Waals surface area contributed by atoms with Gasteiger partial charge in [0.05, 0.1) is 6.04 Å². The molecule has 0 aromatic carbocycles. The molecule has 0 aromatic rings. The highest BCUT2D eigenvalue weighted by atomic mass is 16.4. The summed E-state index contributed by atoms with van der Waals surface area (Å²) in [6, 6.07) is -0.163. The van der Waals surface area contributed by atoms with Gasteiger partial charge < -0.3 is 10.2 Å². The van der Waals surface area contributed by atoms with Crippen LogP contribution in [0.2, 0.25) is 0 Å². The molecular formula is C5H8N2O4. The lowest BCUT2D eigenvalue weighted by Crippen LogP contribution is -2.46. The van der Waals surface area contributed by atoms with Crippen molar-refractivity contribution in [3.05, 3.63) is 0 Å². The van der Waals surface area contributed by atoms with E-state index in [1.54, 1.807) is 5.43 Å². The molecule has 1 aliphatic carbocycles. The summed E-state index contributed by atoms with van der Waals surface area (Å²) in [5.74, 6) is 0. The van der Waals surface area contributed by atoms with Crippen molar-refractivity contribution in [3.63, 3.8) is 0 Å². The number of hydrogen-bond donors (Lipinski definition) is 3. The van der Waals surface area contributed by atoms with Gasteiger partial charge in [0, 0.05) is 0 Å². The molecule has 1 rings (SSSR count). The van der Waals surface area contributed by atoms with Crippen LogP contribution in [0.4, 0.5) is 9.59 Å². The Morgan fingerprint density at radius 1 is 1.36 bits per heavy atom. The highest BCUT2D eigenvalue weighted by Gasteiger charge is 2.33. The Morgan fingerprint density at radius 3 is 2.18 bits per heavy atom. The van der Waals surface area contributed by atoms with Crippen LogP contribution in [0.1, 0.15) is 12.8 Å². The third-order valence-corrected chi connectivity index (χ3v) is 1.33. The van der Waals surface area contributed by atoms with Crippen LogP contribution in [0.25, 0.3) is 0 Å². The molecule has 1 saturated carbocycles. The standard InChI is InChI=1S/C5H8N2O4/c8-4(9)6-7(5(10)11)3-1-2-3/h3,6H,1-2H2,(H,8,9)(H,10,11). The van der Waals surface area contributed by atoms with E-state index >= 15 is 0 Å². The van der Waals surface area contributed by atoms with E-state index in [-0.39, 0.29) is 6.04 Å². The van der Waals surface area contributed by atoms with Gasteiger partial charge >= 0.3 is 12.2 Å². The molecule has 0 radical (unpaired) electrons. The van der Waals surface area contributed by atoms with Crippen molar-refractivity contribution in [1.82, 2.24) is 10.4 Å². The van der Waals surface area contributed by atoms with Gasteiger partial charge in [0.15, 0.2) is 0 Å². The SMILES string of the molecule is O=C(O)NN(C(=O)O)C1CC1. The molecule has 0 saturated heterocycles. The van der Waals surface area contributed by atoms with E-state index in [1.165, 1.54) is 0 Å². The molecule has 0 heterocycles. The van der Waals surface area contributed by atoms with Gasteiger partial charge in [-0.05, 0) is 12.8 Å². The molecule has 0 spiro atoms. The number of nitrogens with one attached hydrogen (secondary N) is 1. The van der Waals surface area contributed by atoms with Gasteiger partial charge in [-0.25, -0.2) is 20.0 Å². The fourth-order valence-electron chi connectivity index (χ4n) is 0.731. The maximum Gasteiger partial charge on any atom is 0.426 e. The van der Waals surface area contributed by atoms with Crippen LogP contribution in [0, 0.1) is 0 Å². The first-order chi connectivity index (χ1) is 5.11. The maximum absolute atomic E-state index is 10.3. The number of rotatable bonds is 1. The number of hydrazine groups is 1. The second-order valence-electron chi connectivity index (χ2n) is 2.30. The van der Waals surface area contributed by atoms with Crippen LogP contribution in [0.3, 0.4) is 0 Å². The molecule has 2 amide bonds. The molecule has 3 N–H and O–H groups in total. The van der Waals surface area contributed by atoms with Crippen LogP contribution in [0.5, 0.6) is 0 Å². The highest BCUT2D eigenvalue weighted by Crippen LogP contribution is 2.24. The van der Waals surface area contributed by atoms with E-state index in [2.05, 4.69) is 0 Å². The normalized spacial score (nSPS) is 15.6. The Bertz CT molecular complexity index is 189. The summed E-state index contributed by atoms with van der Waals surface area (Å²) >= 11 is 0.